The monoisotopic (exact) mass is 557 g/mol. The van der Waals surface area contributed by atoms with Crippen LogP contribution >= 0.6 is 11.8 Å². The van der Waals surface area contributed by atoms with Crippen LogP contribution in [0, 0.1) is 11.8 Å². The Bertz CT molecular complexity index is 1330. The Labute approximate surface area is 228 Å². The number of aliphatic hydroxyl groups is 3. The molecule has 11 heteroatoms. The number of ether oxygens (including phenoxy) is 1. The van der Waals surface area contributed by atoms with Crippen LogP contribution in [0.2, 0.25) is 0 Å². The Hall–Kier alpha value is -3.31. The van der Waals surface area contributed by atoms with Crippen molar-refractivity contribution in [2.24, 2.45) is 17.6 Å². The number of carbonyl (C=O) groups excluding carboxylic acids is 4. The number of hydrogen-bond donors (Lipinski definition) is 5. The van der Waals surface area contributed by atoms with Gasteiger partial charge in [0.2, 0.25) is 5.78 Å². The number of hydrogen-bond acceptors (Lipinski definition) is 10. The first-order chi connectivity index (χ1) is 18.5. The average Bonchev–Trinajstić information content (AvgIpc) is 3.41. The number of esters is 1. The number of nitrogens with two attached hydrogens (primary N) is 1. The third kappa shape index (κ3) is 4.13. The van der Waals surface area contributed by atoms with Crippen molar-refractivity contribution in [2.75, 3.05) is 5.75 Å². The van der Waals surface area contributed by atoms with Crippen LogP contribution in [0.1, 0.15) is 67.3 Å². The van der Waals surface area contributed by atoms with Crippen molar-refractivity contribution in [3.63, 3.8) is 0 Å². The molecule has 5 rings (SSSR count). The summed E-state index contributed by atoms with van der Waals surface area (Å²) in [6, 6.07) is 4.64. The van der Waals surface area contributed by atoms with Gasteiger partial charge in [0.05, 0.1) is 5.56 Å². The molecule has 1 fully saturated rings. The van der Waals surface area contributed by atoms with Crippen molar-refractivity contribution in [1.82, 2.24) is 0 Å². The van der Waals surface area contributed by atoms with Gasteiger partial charge in [0.15, 0.2) is 11.4 Å². The largest absolute Gasteiger partial charge is 0.511 e. The Morgan fingerprint density at radius 3 is 2.49 bits per heavy atom. The maximum atomic E-state index is 13.9. The molecule has 0 saturated heterocycles. The van der Waals surface area contributed by atoms with Gasteiger partial charge < -0.3 is 30.9 Å². The number of carbonyl (C=O) groups is 4. The fourth-order valence-corrected chi connectivity index (χ4v) is 8.16. The van der Waals surface area contributed by atoms with E-state index in [0.29, 0.717) is 16.6 Å². The lowest BCUT2D eigenvalue weighted by Gasteiger charge is -2.51. The third-order valence-corrected chi connectivity index (χ3v) is 10.0. The van der Waals surface area contributed by atoms with Crippen LogP contribution < -0.4 is 5.73 Å². The number of fused-ring (bicyclic) bond motifs is 3. The van der Waals surface area contributed by atoms with E-state index in [0.717, 1.165) is 25.7 Å². The van der Waals surface area contributed by atoms with Gasteiger partial charge in [-0.2, -0.15) is 11.8 Å². The number of allylic oxidation sites excluding steroid dienone is 1. The summed E-state index contributed by atoms with van der Waals surface area (Å²) in [6.45, 7) is 1.56. The second-order valence-corrected chi connectivity index (χ2v) is 11.9. The first kappa shape index (κ1) is 27.3. The van der Waals surface area contributed by atoms with E-state index in [9.17, 15) is 39.6 Å². The van der Waals surface area contributed by atoms with Gasteiger partial charge in [-0.15, -0.1) is 0 Å². The van der Waals surface area contributed by atoms with Gasteiger partial charge in [-0.25, -0.2) is 0 Å². The lowest BCUT2D eigenvalue weighted by atomic mass is 9.56. The fraction of sp³-hybridized carbons (Fsp3) is 0.500. The maximum absolute atomic E-state index is 13.9. The van der Waals surface area contributed by atoms with Gasteiger partial charge in [-0.3, -0.25) is 19.2 Å². The van der Waals surface area contributed by atoms with E-state index in [1.54, 1.807) is 30.8 Å². The third-order valence-electron chi connectivity index (χ3n) is 8.51. The van der Waals surface area contributed by atoms with Crippen LogP contribution in [0.4, 0.5) is 0 Å². The van der Waals surface area contributed by atoms with Gasteiger partial charge >= 0.3 is 5.97 Å². The zero-order valence-corrected chi connectivity index (χ0v) is 22.2. The first-order valence-electron chi connectivity index (χ1n) is 13.1. The fourth-order valence-electron chi connectivity index (χ4n) is 6.63. The molecule has 0 aliphatic heterocycles. The summed E-state index contributed by atoms with van der Waals surface area (Å²) in [4.78, 5) is 52.0. The van der Waals surface area contributed by atoms with Crippen LogP contribution in [0.15, 0.2) is 40.9 Å². The number of phenolic OH excluding ortho intramolecular Hbond substituents is 1. The highest BCUT2D eigenvalue weighted by Crippen LogP contribution is 2.56. The summed E-state index contributed by atoms with van der Waals surface area (Å²) in [7, 11) is 0. The summed E-state index contributed by atoms with van der Waals surface area (Å²) in [5.41, 5.74) is 1.64. The highest BCUT2D eigenvalue weighted by atomic mass is 32.2. The van der Waals surface area contributed by atoms with E-state index in [-0.39, 0.29) is 23.3 Å². The number of aliphatic hydroxyl groups excluding tert-OH is 2. The molecular formula is C28H31NO9S. The Kier molecular flexibility index (Phi) is 7.00. The van der Waals surface area contributed by atoms with Crippen LogP contribution in [-0.2, 0) is 19.1 Å². The van der Waals surface area contributed by atoms with Gasteiger partial charge in [0.25, 0.3) is 5.91 Å². The molecule has 4 aliphatic carbocycles. The summed E-state index contributed by atoms with van der Waals surface area (Å²) in [5, 5.41) is 45.0. The van der Waals surface area contributed by atoms with Crippen molar-refractivity contribution in [3.05, 3.63) is 52.0 Å². The summed E-state index contributed by atoms with van der Waals surface area (Å²) >= 11 is 1.69. The van der Waals surface area contributed by atoms with E-state index in [1.165, 1.54) is 6.07 Å². The van der Waals surface area contributed by atoms with Gasteiger partial charge in [0, 0.05) is 47.2 Å². The Morgan fingerprint density at radius 1 is 1.15 bits per heavy atom. The predicted molar refractivity (Wildman–Crippen MR) is 140 cm³/mol. The SMILES string of the molecule is CCC(=O)O[C@H]1[C@H]2C(=C(O)[C@]3(O)C(=O)C(C(N)=O)=C(O)C[C@H]13)C(=O)c1c(O)cccc1[C@@H]2CSC1CCCC1. The van der Waals surface area contributed by atoms with Crippen molar-refractivity contribution >= 4 is 35.2 Å². The first-order valence-corrected chi connectivity index (χ1v) is 14.2. The highest BCUT2D eigenvalue weighted by molar-refractivity contribution is 7.99. The quantitative estimate of drug-likeness (QED) is 0.257. The average molecular weight is 558 g/mol. The zero-order chi connectivity index (χ0) is 28.2. The second kappa shape index (κ2) is 10.0. The van der Waals surface area contributed by atoms with Crippen LogP contribution in [-0.4, -0.2) is 66.6 Å². The number of phenols is 1. The summed E-state index contributed by atoms with van der Waals surface area (Å²) in [5.74, 6) is -8.66. The van der Waals surface area contributed by atoms with Crippen LogP contribution in [0.5, 0.6) is 5.75 Å². The summed E-state index contributed by atoms with van der Waals surface area (Å²) in [6.07, 6.45) is 2.41. The molecule has 0 spiro atoms. The van der Waals surface area contributed by atoms with E-state index < -0.39 is 76.4 Å². The normalized spacial score (nSPS) is 30.6. The van der Waals surface area contributed by atoms with Gasteiger partial charge in [-0.05, 0) is 24.5 Å². The minimum Gasteiger partial charge on any atom is -0.511 e. The molecule has 1 saturated carbocycles. The lowest BCUT2D eigenvalue weighted by Crippen LogP contribution is -2.63. The number of thioether (sulfide) groups is 1. The molecule has 1 amide bonds. The highest BCUT2D eigenvalue weighted by Gasteiger charge is 2.65. The minimum atomic E-state index is -2.86. The summed E-state index contributed by atoms with van der Waals surface area (Å²) < 4.78 is 5.81. The number of amides is 1. The Balaban J connectivity index is 1.74. The molecule has 1 aromatic rings. The van der Waals surface area contributed by atoms with Crippen molar-refractivity contribution < 1.29 is 44.3 Å². The molecule has 0 bridgehead atoms. The second-order valence-electron chi connectivity index (χ2n) is 10.6. The number of benzene rings is 1. The van der Waals surface area contributed by atoms with E-state index in [2.05, 4.69) is 0 Å². The van der Waals surface area contributed by atoms with Crippen molar-refractivity contribution in [2.45, 2.75) is 68.3 Å². The minimum absolute atomic E-state index is 0.0471. The number of Topliss-reactive ketones (excluding diaryl/α,β-unsaturated/α-hetero) is 2. The van der Waals surface area contributed by atoms with Crippen molar-refractivity contribution in [1.29, 1.82) is 0 Å². The van der Waals surface area contributed by atoms with Crippen LogP contribution in [0.25, 0.3) is 0 Å². The molecule has 208 valence electrons. The predicted octanol–water partition coefficient (Wildman–Crippen LogP) is 2.73. The molecular weight excluding hydrogens is 526 g/mol. The number of aromatic hydroxyl groups is 1. The molecule has 4 aliphatic rings. The molecule has 5 atom stereocenters. The lowest BCUT2D eigenvalue weighted by molar-refractivity contribution is -0.174. The zero-order valence-electron chi connectivity index (χ0n) is 21.4. The van der Waals surface area contributed by atoms with E-state index in [1.807, 2.05) is 0 Å². The standard InChI is InChI=1S/C28H31NO9S/c1-2-18(32)38-24-15-10-17(31)21(27(29)36)25(34)28(15,37)26(35)22-20(24)14(11-39-12-6-3-4-7-12)13-8-5-9-16(30)19(13)23(22)33/h5,8-9,12,14-15,20,24,30-31,35,37H,2-4,6-7,10-11H2,1H3,(H2,29,36)/t14-,15+,20+,24+,28+/m0/s1. The maximum Gasteiger partial charge on any atom is 0.305 e. The van der Waals surface area contributed by atoms with E-state index in [4.69, 9.17) is 10.5 Å². The molecule has 10 nitrogen and oxygen atoms in total. The van der Waals surface area contributed by atoms with Crippen LogP contribution in [0.3, 0.4) is 0 Å². The number of ketones is 2. The molecule has 0 aromatic heterocycles. The molecule has 0 radical (unpaired) electrons. The molecule has 1 aromatic carbocycles. The van der Waals surface area contributed by atoms with Crippen molar-refractivity contribution in [3.8, 4) is 5.75 Å². The van der Waals surface area contributed by atoms with E-state index >= 15 is 0 Å². The molecule has 6 N–H and O–H groups in total. The smallest absolute Gasteiger partial charge is 0.305 e. The number of rotatable bonds is 6. The molecule has 0 heterocycles. The molecule has 39 heavy (non-hydrogen) atoms. The Morgan fingerprint density at radius 2 is 1.85 bits per heavy atom. The van der Waals surface area contributed by atoms with Gasteiger partial charge in [0.1, 0.15) is 28.9 Å². The van der Waals surface area contributed by atoms with Gasteiger partial charge in [-0.1, -0.05) is 31.9 Å². The topological polar surface area (TPSA) is 184 Å². The number of primary amides is 1. The molecule has 0 unspecified atom stereocenters.